The third-order valence-corrected chi connectivity index (χ3v) is 2.29. The third kappa shape index (κ3) is 3.42. The molecule has 4 heteroatoms. The number of aldehydes is 1. The van der Waals surface area contributed by atoms with Crippen molar-refractivity contribution in [1.29, 1.82) is 5.26 Å². The number of ether oxygens (including phenoxy) is 1. The molecule has 0 spiro atoms. The molecule has 0 unspecified atom stereocenters. The number of benzene rings is 1. The van der Waals surface area contributed by atoms with Crippen LogP contribution in [0.25, 0.3) is 0 Å². The molecule has 0 aromatic heterocycles. The predicted molar refractivity (Wildman–Crippen MR) is 61.7 cm³/mol. The van der Waals surface area contributed by atoms with Crippen LogP contribution in [-0.4, -0.2) is 18.9 Å². The monoisotopic (exact) mass is 231 g/mol. The van der Waals surface area contributed by atoms with Crippen LogP contribution in [-0.2, 0) is 11.2 Å². The summed E-state index contributed by atoms with van der Waals surface area (Å²) in [4.78, 5) is 22.3. The van der Waals surface area contributed by atoms with Gasteiger partial charge in [-0.25, -0.2) is 4.79 Å². The van der Waals surface area contributed by atoms with Crippen molar-refractivity contribution in [3.05, 3.63) is 34.9 Å². The number of aryl methyl sites for hydroxylation is 1. The number of rotatable bonds is 5. The zero-order valence-corrected chi connectivity index (χ0v) is 9.60. The van der Waals surface area contributed by atoms with Crippen LogP contribution in [0, 0.1) is 11.3 Å². The van der Waals surface area contributed by atoms with Gasteiger partial charge in [-0.05, 0) is 31.0 Å². The molecule has 17 heavy (non-hydrogen) atoms. The van der Waals surface area contributed by atoms with Crippen LogP contribution in [0.2, 0.25) is 0 Å². The summed E-state index contributed by atoms with van der Waals surface area (Å²) >= 11 is 0. The van der Waals surface area contributed by atoms with Gasteiger partial charge in [-0.15, -0.1) is 0 Å². The van der Waals surface area contributed by atoms with E-state index in [1.165, 1.54) is 0 Å². The highest BCUT2D eigenvalue weighted by atomic mass is 16.5. The Morgan fingerprint density at radius 2 is 2.29 bits per heavy atom. The summed E-state index contributed by atoms with van der Waals surface area (Å²) < 4.78 is 4.87. The molecule has 0 saturated heterocycles. The molecular weight excluding hydrogens is 218 g/mol. The second-order valence-corrected chi connectivity index (χ2v) is 3.41. The third-order valence-electron chi connectivity index (χ3n) is 2.29. The van der Waals surface area contributed by atoms with Crippen LogP contribution in [0.5, 0.6) is 0 Å². The van der Waals surface area contributed by atoms with Gasteiger partial charge in [-0.3, -0.25) is 4.79 Å². The topological polar surface area (TPSA) is 67.2 Å². The minimum absolute atomic E-state index is 0.307. The molecule has 0 saturated carbocycles. The van der Waals surface area contributed by atoms with Gasteiger partial charge < -0.3 is 4.74 Å². The molecule has 0 aliphatic carbocycles. The Hall–Kier alpha value is -2.15. The Balaban J connectivity index is 3.00. The van der Waals surface area contributed by atoms with Gasteiger partial charge >= 0.3 is 5.97 Å². The average molecular weight is 231 g/mol. The maximum Gasteiger partial charge on any atom is 0.338 e. The van der Waals surface area contributed by atoms with Crippen LogP contribution in [0.1, 0.15) is 39.6 Å². The second kappa shape index (κ2) is 6.44. The lowest BCUT2D eigenvalue weighted by Crippen LogP contribution is -2.06. The fraction of sp³-hybridized carbons (Fsp3) is 0.308. The number of nitrogens with zero attached hydrogens (tertiary/aromatic N) is 1. The van der Waals surface area contributed by atoms with E-state index in [4.69, 9.17) is 10.00 Å². The van der Waals surface area contributed by atoms with Crippen LogP contribution in [0.15, 0.2) is 18.2 Å². The molecule has 1 aromatic rings. The zero-order chi connectivity index (χ0) is 12.7. The lowest BCUT2D eigenvalue weighted by Gasteiger charge is -2.06. The van der Waals surface area contributed by atoms with Gasteiger partial charge in [0.2, 0.25) is 0 Å². The molecule has 1 rings (SSSR count). The summed E-state index contributed by atoms with van der Waals surface area (Å²) in [5.41, 5.74) is 1.62. The molecule has 0 fully saturated rings. The van der Waals surface area contributed by atoms with Crippen LogP contribution < -0.4 is 0 Å². The summed E-state index contributed by atoms with van der Waals surface area (Å²) in [7, 11) is 0. The maximum absolute atomic E-state index is 11.5. The molecule has 0 aliphatic heterocycles. The number of esters is 1. The number of hydrogen-bond acceptors (Lipinski definition) is 4. The minimum atomic E-state index is -0.414. The Morgan fingerprint density at radius 1 is 1.53 bits per heavy atom. The SMILES string of the molecule is CCOC(=O)c1ccc(C=O)c(CCC#N)c1. The van der Waals surface area contributed by atoms with E-state index < -0.39 is 5.97 Å². The summed E-state index contributed by atoms with van der Waals surface area (Å²) in [6.07, 6.45) is 1.49. The Kier molecular flexibility index (Phi) is 4.89. The fourth-order valence-corrected chi connectivity index (χ4v) is 1.47. The van der Waals surface area contributed by atoms with E-state index in [2.05, 4.69) is 0 Å². The van der Waals surface area contributed by atoms with Crippen molar-refractivity contribution in [2.75, 3.05) is 6.61 Å². The first kappa shape index (κ1) is 12.9. The average Bonchev–Trinajstić information content (AvgIpc) is 2.36. The number of hydrogen-bond donors (Lipinski definition) is 0. The van der Waals surface area contributed by atoms with E-state index in [1.54, 1.807) is 25.1 Å². The smallest absolute Gasteiger partial charge is 0.338 e. The molecule has 0 bridgehead atoms. The largest absolute Gasteiger partial charge is 0.462 e. The summed E-state index contributed by atoms with van der Waals surface area (Å²) in [5.74, 6) is -0.414. The van der Waals surface area contributed by atoms with E-state index in [9.17, 15) is 9.59 Å². The van der Waals surface area contributed by atoms with Crippen LogP contribution in [0.4, 0.5) is 0 Å². The number of carbonyl (C=O) groups is 2. The highest BCUT2D eigenvalue weighted by Gasteiger charge is 2.09. The van der Waals surface area contributed by atoms with Crippen molar-refractivity contribution >= 4 is 12.3 Å². The van der Waals surface area contributed by atoms with E-state index in [1.807, 2.05) is 6.07 Å². The van der Waals surface area contributed by atoms with E-state index in [-0.39, 0.29) is 0 Å². The molecule has 1 aromatic carbocycles. The first-order chi connectivity index (χ1) is 8.22. The normalized spacial score (nSPS) is 9.41. The van der Waals surface area contributed by atoms with Gasteiger partial charge in [0, 0.05) is 12.0 Å². The predicted octanol–water partition coefficient (Wildman–Crippen LogP) is 2.13. The van der Waals surface area contributed by atoms with Crippen molar-refractivity contribution in [3.63, 3.8) is 0 Å². The Bertz CT molecular complexity index is 460. The molecule has 0 atom stereocenters. The molecule has 4 nitrogen and oxygen atoms in total. The number of nitriles is 1. The minimum Gasteiger partial charge on any atom is -0.462 e. The highest BCUT2D eigenvalue weighted by Crippen LogP contribution is 2.13. The van der Waals surface area contributed by atoms with Crippen molar-refractivity contribution in [3.8, 4) is 6.07 Å². The van der Waals surface area contributed by atoms with Crippen molar-refractivity contribution in [2.45, 2.75) is 19.8 Å². The lowest BCUT2D eigenvalue weighted by molar-refractivity contribution is 0.0526. The van der Waals surface area contributed by atoms with E-state index in [0.717, 1.165) is 6.29 Å². The highest BCUT2D eigenvalue weighted by molar-refractivity contribution is 5.91. The molecule has 0 radical (unpaired) electrons. The van der Waals surface area contributed by atoms with Crippen LogP contribution >= 0.6 is 0 Å². The van der Waals surface area contributed by atoms with Crippen molar-refractivity contribution in [2.24, 2.45) is 0 Å². The second-order valence-electron chi connectivity index (χ2n) is 3.41. The molecule has 0 aliphatic rings. The Labute approximate surface area is 99.8 Å². The standard InChI is InChI=1S/C13H13NO3/c1-2-17-13(16)11-5-6-12(9-15)10(8-11)4-3-7-14/h5-6,8-9H,2-4H2,1H3. The van der Waals surface area contributed by atoms with Gasteiger partial charge in [0.25, 0.3) is 0 Å². The summed E-state index contributed by atoms with van der Waals surface area (Å²) in [6, 6.07) is 6.75. The summed E-state index contributed by atoms with van der Waals surface area (Å²) in [6.45, 7) is 2.04. The molecular formula is C13H13NO3. The molecule has 0 N–H and O–H groups in total. The van der Waals surface area contributed by atoms with E-state index >= 15 is 0 Å². The van der Waals surface area contributed by atoms with Gasteiger partial charge in [0.15, 0.2) is 0 Å². The van der Waals surface area contributed by atoms with Gasteiger partial charge in [-0.1, -0.05) is 6.07 Å². The summed E-state index contributed by atoms with van der Waals surface area (Å²) in [5, 5.41) is 8.52. The van der Waals surface area contributed by atoms with E-state index in [0.29, 0.717) is 36.1 Å². The molecule has 0 heterocycles. The fourth-order valence-electron chi connectivity index (χ4n) is 1.47. The first-order valence-corrected chi connectivity index (χ1v) is 5.35. The zero-order valence-electron chi connectivity index (χ0n) is 9.60. The number of carbonyl (C=O) groups excluding carboxylic acids is 2. The quantitative estimate of drug-likeness (QED) is 0.575. The molecule has 88 valence electrons. The van der Waals surface area contributed by atoms with Crippen LogP contribution in [0.3, 0.4) is 0 Å². The Morgan fingerprint density at radius 3 is 2.88 bits per heavy atom. The van der Waals surface area contributed by atoms with Crippen molar-refractivity contribution < 1.29 is 14.3 Å². The van der Waals surface area contributed by atoms with Gasteiger partial charge in [-0.2, -0.15) is 5.26 Å². The van der Waals surface area contributed by atoms with Crippen molar-refractivity contribution in [1.82, 2.24) is 0 Å². The lowest BCUT2D eigenvalue weighted by atomic mass is 10.0. The maximum atomic E-state index is 11.5. The van der Waals surface area contributed by atoms with Gasteiger partial charge in [0.1, 0.15) is 6.29 Å². The molecule has 0 amide bonds. The first-order valence-electron chi connectivity index (χ1n) is 5.35. The van der Waals surface area contributed by atoms with Gasteiger partial charge in [0.05, 0.1) is 18.2 Å².